The standard InChI is InChI=1S/C24H15NO2/c26-25(27)22-12-6-16(7-13-22)4-5-17-14-20-10-8-18-2-1-3-19-9-11-21(15-17)24(20)23(18)19/h1-15H/b5-4-. The smallest absolute Gasteiger partial charge is 0.258 e. The van der Waals surface area contributed by atoms with Gasteiger partial charge in [0.05, 0.1) is 4.92 Å². The number of hydrogen-bond donors (Lipinski definition) is 0. The van der Waals surface area contributed by atoms with E-state index in [4.69, 9.17) is 0 Å². The molecule has 3 heteroatoms. The number of rotatable bonds is 3. The summed E-state index contributed by atoms with van der Waals surface area (Å²) in [7, 11) is 0. The molecule has 0 amide bonds. The van der Waals surface area contributed by atoms with Gasteiger partial charge < -0.3 is 0 Å². The van der Waals surface area contributed by atoms with Crippen LogP contribution in [0.4, 0.5) is 5.69 Å². The van der Waals surface area contributed by atoms with Crippen molar-refractivity contribution in [1.82, 2.24) is 0 Å². The first kappa shape index (κ1) is 15.5. The summed E-state index contributed by atoms with van der Waals surface area (Å²) in [6.07, 6.45) is 4.03. The molecule has 0 N–H and O–H groups in total. The molecule has 0 fully saturated rings. The molecule has 0 unspecified atom stereocenters. The predicted molar refractivity (Wildman–Crippen MR) is 112 cm³/mol. The molecule has 0 atom stereocenters. The molecule has 5 rings (SSSR count). The Balaban J connectivity index is 1.60. The topological polar surface area (TPSA) is 43.1 Å². The molecular weight excluding hydrogens is 334 g/mol. The Bertz CT molecular complexity index is 1270. The van der Waals surface area contributed by atoms with Crippen molar-refractivity contribution < 1.29 is 4.92 Å². The summed E-state index contributed by atoms with van der Waals surface area (Å²) in [6.45, 7) is 0. The Hall–Kier alpha value is -3.72. The van der Waals surface area contributed by atoms with E-state index in [9.17, 15) is 10.1 Å². The van der Waals surface area contributed by atoms with E-state index < -0.39 is 0 Å². The van der Waals surface area contributed by atoms with Gasteiger partial charge in [0.2, 0.25) is 0 Å². The Morgan fingerprint density at radius 3 is 1.74 bits per heavy atom. The van der Waals surface area contributed by atoms with E-state index in [0.29, 0.717) is 0 Å². The lowest BCUT2D eigenvalue weighted by atomic mass is 9.93. The van der Waals surface area contributed by atoms with Gasteiger partial charge in [0.15, 0.2) is 0 Å². The van der Waals surface area contributed by atoms with Crippen LogP contribution >= 0.6 is 0 Å². The molecule has 0 saturated heterocycles. The number of benzene rings is 5. The minimum Gasteiger partial charge on any atom is -0.258 e. The van der Waals surface area contributed by atoms with Crippen molar-refractivity contribution >= 4 is 50.2 Å². The minimum absolute atomic E-state index is 0.107. The van der Waals surface area contributed by atoms with Gasteiger partial charge in [0.25, 0.3) is 5.69 Å². The van der Waals surface area contributed by atoms with Crippen LogP contribution in [0.2, 0.25) is 0 Å². The first-order valence-electron chi connectivity index (χ1n) is 8.79. The van der Waals surface area contributed by atoms with Crippen molar-refractivity contribution in [2.24, 2.45) is 0 Å². The maximum Gasteiger partial charge on any atom is 0.269 e. The van der Waals surface area contributed by atoms with Gasteiger partial charge in [-0.1, -0.05) is 54.6 Å². The highest BCUT2D eigenvalue weighted by molar-refractivity contribution is 6.23. The van der Waals surface area contributed by atoms with Crippen LogP contribution in [0.25, 0.3) is 44.5 Å². The molecule has 0 saturated carbocycles. The van der Waals surface area contributed by atoms with Gasteiger partial charge in [-0.05, 0) is 67.7 Å². The average molecular weight is 349 g/mol. The fourth-order valence-corrected chi connectivity index (χ4v) is 3.77. The monoisotopic (exact) mass is 349 g/mol. The quantitative estimate of drug-likeness (QED) is 0.158. The Morgan fingerprint density at radius 2 is 1.15 bits per heavy atom. The van der Waals surface area contributed by atoms with Gasteiger partial charge >= 0.3 is 0 Å². The van der Waals surface area contributed by atoms with Crippen LogP contribution < -0.4 is 0 Å². The molecule has 5 aromatic carbocycles. The summed E-state index contributed by atoms with van der Waals surface area (Å²) in [6, 6.07) is 26.1. The zero-order valence-corrected chi connectivity index (χ0v) is 14.4. The molecule has 0 bridgehead atoms. The zero-order chi connectivity index (χ0) is 18.4. The van der Waals surface area contributed by atoms with Crippen molar-refractivity contribution in [3.63, 3.8) is 0 Å². The summed E-state index contributed by atoms with van der Waals surface area (Å²) in [5, 5.41) is 18.4. The molecule has 3 nitrogen and oxygen atoms in total. The van der Waals surface area contributed by atoms with Crippen molar-refractivity contribution in [2.45, 2.75) is 0 Å². The first-order valence-corrected chi connectivity index (χ1v) is 8.79. The molecule has 5 aromatic rings. The van der Waals surface area contributed by atoms with Crippen molar-refractivity contribution in [2.75, 3.05) is 0 Å². The van der Waals surface area contributed by atoms with E-state index in [0.717, 1.165) is 11.1 Å². The molecule has 0 aliphatic heterocycles. The fourth-order valence-electron chi connectivity index (χ4n) is 3.77. The number of non-ortho nitro benzene ring substituents is 1. The Morgan fingerprint density at radius 1 is 0.630 bits per heavy atom. The van der Waals surface area contributed by atoms with Gasteiger partial charge in [0.1, 0.15) is 0 Å². The maximum atomic E-state index is 10.8. The Kier molecular flexibility index (Phi) is 3.41. The van der Waals surface area contributed by atoms with E-state index in [1.807, 2.05) is 6.08 Å². The lowest BCUT2D eigenvalue weighted by Crippen LogP contribution is -1.86. The van der Waals surface area contributed by atoms with Crippen molar-refractivity contribution in [3.8, 4) is 0 Å². The van der Waals surface area contributed by atoms with Gasteiger partial charge in [0, 0.05) is 12.1 Å². The van der Waals surface area contributed by atoms with Gasteiger partial charge in [-0.2, -0.15) is 0 Å². The minimum atomic E-state index is -0.382. The molecule has 0 aromatic heterocycles. The van der Waals surface area contributed by atoms with Crippen LogP contribution in [0.1, 0.15) is 11.1 Å². The van der Waals surface area contributed by atoms with Crippen LogP contribution in [-0.4, -0.2) is 4.92 Å². The number of hydrogen-bond acceptors (Lipinski definition) is 2. The van der Waals surface area contributed by atoms with E-state index in [1.165, 1.54) is 44.5 Å². The average Bonchev–Trinajstić information content (AvgIpc) is 2.70. The zero-order valence-electron chi connectivity index (χ0n) is 14.4. The number of nitro benzene ring substituents is 1. The summed E-state index contributed by atoms with van der Waals surface area (Å²) in [4.78, 5) is 10.4. The van der Waals surface area contributed by atoms with Crippen LogP contribution in [0.15, 0.2) is 78.9 Å². The summed E-state index contributed by atoms with van der Waals surface area (Å²) in [5.41, 5.74) is 2.15. The van der Waals surface area contributed by atoms with Gasteiger partial charge in [-0.15, -0.1) is 0 Å². The second-order valence-corrected chi connectivity index (χ2v) is 6.73. The van der Waals surface area contributed by atoms with Gasteiger partial charge in [-0.25, -0.2) is 0 Å². The third kappa shape index (κ3) is 2.61. The first-order chi connectivity index (χ1) is 13.2. The third-order valence-corrected chi connectivity index (χ3v) is 5.06. The van der Waals surface area contributed by atoms with Crippen molar-refractivity contribution in [1.29, 1.82) is 0 Å². The second kappa shape index (κ2) is 5.92. The van der Waals surface area contributed by atoms with E-state index in [1.54, 1.807) is 12.1 Å². The lowest BCUT2D eigenvalue weighted by molar-refractivity contribution is -0.384. The van der Waals surface area contributed by atoms with Gasteiger partial charge in [-0.3, -0.25) is 10.1 Å². The largest absolute Gasteiger partial charge is 0.269 e. The maximum absolute atomic E-state index is 10.8. The number of nitro groups is 1. The molecule has 0 spiro atoms. The highest BCUT2D eigenvalue weighted by Crippen LogP contribution is 2.35. The van der Waals surface area contributed by atoms with E-state index in [2.05, 4.69) is 60.7 Å². The summed E-state index contributed by atoms with van der Waals surface area (Å²) in [5.74, 6) is 0. The Labute approximate surface area is 155 Å². The molecule has 0 aliphatic carbocycles. The number of nitrogens with zero attached hydrogens (tertiary/aromatic N) is 1. The third-order valence-electron chi connectivity index (χ3n) is 5.06. The van der Waals surface area contributed by atoms with E-state index >= 15 is 0 Å². The predicted octanol–water partition coefficient (Wildman–Crippen LogP) is 6.66. The highest BCUT2D eigenvalue weighted by Gasteiger charge is 2.08. The molecular formula is C24H15NO2. The second-order valence-electron chi connectivity index (χ2n) is 6.73. The van der Waals surface area contributed by atoms with Crippen LogP contribution in [0.3, 0.4) is 0 Å². The van der Waals surface area contributed by atoms with Crippen molar-refractivity contribution in [3.05, 3.63) is 100 Å². The van der Waals surface area contributed by atoms with Crippen LogP contribution in [-0.2, 0) is 0 Å². The SMILES string of the molecule is O=[N+]([O-])c1ccc(/C=C\c2cc3ccc4cccc5ccc(c2)c3c45)cc1. The molecule has 0 heterocycles. The molecule has 128 valence electrons. The molecule has 27 heavy (non-hydrogen) atoms. The lowest BCUT2D eigenvalue weighted by Gasteiger charge is -2.11. The fraction of sp³-hybridized carbons (Fsp3) is 0. The summed E-state index contributed by atoms with van der Waals surface area (Å²) >= 11 is 0. The van der Waals surface area contributed by atoms with E-state index in [-0.39, 0.29) is 10.6 Å². The van der Waals surface area contributed by atoms with Crippen LogP contribution in [0.5, 0.6) is 0 Å². The highest BCUT2D eigenvalue weighted by atomic mass is 16.6. The normalized spacial score (nSPS) is 11.9. The van der Waals surface area contributed by atoms with Crippen LogP contribution in [0, 0.1) is 10.1 Å². The molecule has 0 radical (unpaired) electrons. The molecule has 0 aliphatic rings. The summed E-state index contributed by atoms with van der Waals surface area (Å²) < 4.78 is 0.